The normalized spacial score (nSPS) is 17.6. The van der Waals surface area contributed by atoms with Gasteiger partial charge in [-0.3, -0.25) is 4.99 Å². The number of hydrogen-bond donors (Lipinski definition) is 0. The molecule has 1 aromatic carbocycles. The van der Waals surface area contributed by atoms with Crippen LogP contribution in [0.4, 0.5) is 0 Å². The van der Waals surface area contributed by atoms with Gasteiger partial charge >= 0.3 is 0 Å². The highest BCUT2D eigenvalue weighted by molar-refractivity contribution is 5.84. The standard InChI is InChI=1S/C12H15NO/c1-12(2)7-9-4-5-11(14-3)6-10(9)8-13-12/h4-6,8H,7H2,1-3H3. The van der Waals surface area contributed by atoms with Crippen molar-refractivity contribution >= 4 is 6.21 Å². The average molecular weight is 189 g/mol. The van der Waals surface area contributed by atoms with Crippen molar-refractivity contribution in [2.45, 2.75) is 25.8 Å². The van der Waals surface area contributed by atoms with Crippen LogP contribution in [0, 0.1) is 0 Å². The van der Waals surface area contributed by atoms with Crippen LogP contribution >= 0.6 is 0 Å². The summed E-state index contributed by atoms with van der Waals surface area (Å²) >= 11 is 0. The van der Waals surface area contributed by atoms with Gasteiger partial charge in [-0.25, -0.2) is 0 Å². The zero-order valence-corrected chi connectivity index (χ0v) is 8.87. The minimum absolute atomic E-state index is 0.0432. The van der Waals surface area contributed by atoms with Gasteiger partial charge in [-0.15, -0.1) is 0 Å². The van der Waals surface area contributed by atoms with Crippen molar-refractivity contribution in [3.63, 3.8) is 0 Å². The molecular formula is C12H15NO. The number of nitrogens with zero attached hydrogens (tertiary/aromatic N) is 1. The molecule has 0 spiro atoms. The largest absolute Gasteiger partial charge is 0.497 e. The van der Waals surface area contributed by atoms with E-state index < -0.39 is 0 Å². The lowest BCUT2D eigenvalue weighted by atomic mass is 9.90. The zero-order chi connectivity index (χ0) is 10.2. The fraction of sp³-hybridized carbons (Fsp3) is 0.417. The Bertz CT molecular complexity index is 380. The Kier molecular flexibility index (Phi) is 2.06. The van der Waals surface area contributed by atoms with Crippen LogP contribution in [0.3, 0.4) is 0 Å². The molecule has 14 heavy (non-hydrogen) atoms. The molecule has 0 aromatic heterocycles. The summed E-state index contributed by atoms with van der Waals surface area (Å²) in [4.78, 5) is 4.50. The molecule has 0 saturated carbocycles. The maximum atomic E-state index is 5.17. The van der Waals surface area contributed by atoms with Gasteiger partial charge in [0.1, 0.15) is 5.75 Å². The first-order valence-corrected chi connectivity index (χ1v) is 4.83. The van der Waals surface area contributed by atoms with E-state index in [1.165, 1.54) is 11.1 Å². The van der Waals surface area contributed by atoms with Gasteiger partial charge in [-0.05, 0) is 43.5 Å². The number of aliphatic imine (C=N–C) groups is 1. The van der Waals surface area contributed by atoms with Crippen LogP contribution < -0.4 is 4.74 Å². The molecular weight excluding hydrogens is 174 g/mol. The van der Waals surface area contributed by atoms with E-state index in [1.54, 1.807) is 7.11 Å². The molecule has 2 heteroatoms. The Morgan fingerprint density at radius 2 is 2.14 bits per heavy atom. The number of benzene rings is 1. The first-order chi connectivity index (χ1) is 6.61. The molecule has 2 nitrogen and oxygen atoms in total. The summed E-state index contributed by atoms with van der Waals surface area (Å²) in [6.45, 7) is 4.30. The molecule has 1 heterocycles. The highest BCUT2D eigenvalue weighted by Crippen LogP contribution is 2.26. The van der Waals surface area contributed by atoms with Gasteiger partial charge < -0.3 is 4.74 Å². The van der Waals surface area contributed by atoms with Crippen LogP contribution in [0.25, 0.3) is 0 Å². The average Bonchev–Trinajstić information content (AvgIpc) is 2.16. The Balaban J connectivity index is 2.41. The van der Waals surface area contributed by atoms with Gasteiger partial charge in [0, 0.05) is 6.21 Å². The molecule has 0 bridgehead atoms. The summed E-state index contributed by atoms with van der Waals surface area (Å²) in [5, 5.41) is 0. The lowest BCUT2D eigenvalue weighted by Gasteiger charge is -2.25. The Morgan fingerprint density at radius 1 is 1.36 bits per heavy atom. The van der Waals surface area contributed by atoms with Crippen LogP contribution in [0.15, 0.2) is 23.2 Å². The smallest absolute Gasteiger partial charge is 0.119 e. The quantitative estimate of drug-likeness (QED) is 0.665. The summed E-state index contributed by atoms with van der Waals surface area (Å²) in [6.07, 6.45) is 2.95. The van der Waals surface area contributed by atoms with Crippen molar-refractivity contribution in [3.05, 3.63) is 29.3 Å². The molecule has 74 valence electrons. The van der Waals surface area contributed by atoms with Gasteiger partial charge in [0.05, 0.1) is 12.6 Å². The van der Waals surface area contributed by atoms with E-state index in [0.29, 0.717) is 0 Å². The van der Waals surface area contributed by atoms with Crippen LogP contribution in [0.5, 0.6) is 5.75 Å². The predicted molar refractivity (Wildman–Crippen MR) is 58.4 cm³/mol. The van der Waals surface area contributed by atoms with E-state index in [9.17, 15) is 0 Å². The second kappa shape index (κ2) is 3.12. The van der Waals surface area contributed by atoms with Crippen molar-refractivity contribution < 1.29 is 4.74 Å². The molecule has 1 aliphatic rings. The fourth-order valence-corrected chi connectivity index (χ4v) is 1.74. The van der Waals surface area contributed by atoms with Gasteiger partial charge in [-0.2, -0.15) is 0 Å². The summed E-state index contributed by atoms with van der Waals surface area (Å²) in [5.41, 5.74) is 2.58. The maximum Gasteiger partial charge on any atom is 0.119 e. The van der Waals surface area contributed by atoms with E-state index in [4.69, 9.17) is 4.74 Å². The molecule has 0 fully saturated rings. The van der Waals surface area contributed by atoms with Crippen LogP contribution in [0.1, 0.15) is 25.0 Å². The summed E-state index contributed by atoms with van der Waals surface area (Å²) in [7, 11) is 1.69. The monoisotopic (exact) mass is 189 g/mol. The Hall–Kier alpha value is -1.31. The lowest BCUT2D eigenvalue weighted by Crippen LogP contribution is -2.24. The molecule has 2 rings (SSSR count). The highest BCUT2D eigenvalue weighted by atomic mass is 16.5. The Morgan fingerprint density at radius 3 is 2.86 bits per heavy atom. The first kappa shape index (κ1) is 9.25. The number of fused-ring (bicyclic) bond motifs is 1. The van der Waals surface area contributed by atoms with Gasteiger partial charge in [0.2, 0.25) is 0 Å². The van der Waals surface area contributed by atoms with Crippen molar-refractivity contribution in [1.82, 2.24) is 0 Å². The SMILES string of the molecule is COc1ccc2c(c1)C=NC(C)(C)C2. The fourth-order valence-electron chi connectivity index (χ4n) is 1.74. The van der Waals surface area contributed by atoms with E-state index in [1.807, 2.05) is 18.3 Å². The van der Waals surface area contributed by atoms with Gasteiger partial charge in [-0.1, -0.05) is 6.07 Å². The van der Waals surface area contributed by atoms with Crippen molar-refractivity contribution in [1.29, 1.82) is 0 Å². The first-order valence-electron chi connectivity index (χ1n) is 4.83. The van der Waals surface area contributed by atoms with Gasteiger partial charge in [0.25, 0.3) is 0 Å². The van der Waals surface area contributed by atoms with Crippen LogP contribution in [-0.2, 0) is 6.42 Å². The second-order valence-corrected chi connectivity index (χ2v) is 4.31. The zero-order valence-electron chi connectivity index (χ0n) is 8.87. The van der Waals surface area contributed by atoms with E-state index >= 15 is 0 Å². The molecule has 0 N–H and O–H groups in total. The second-order valence-electron chi connectivity index (χ2n) is 4.31. The van der Waals surface area contributed by atoms with Crippen molar-refractivity contribution in [2.75, 3.05) is 7.11 Å². The third kappa shape index (κ3) is 1.65. The molecule has 0 aliphatic carbocycles. The number of methoxy groups -OCH3 is 1. The minimum atomic E-state index is 0.0432. The predicted octanol–water partition coefficient (Wildman–Crippen LogP) is 2.45. The molecule has 0 unspecified atom stereocenters. The molecule has 0 amide bonds. The molecule has 1 aromatic rings. The van der Waals surface area contributed by atoms with Crippen LogP contribution in [-0.4, -0.2) is 18.9 Å². The molecule has 0 atom stereocenters. The maximum absolute atomic E-state index is 5.17. The van der Waals surface area contributed by atoms with E-state index in [0.717, 1.165) is 12.2 Å². The third-order valence-electron chi connectivity index (χ3n) is 2.53. The number of ether oxygens (including phenoxy) is 1. The number of hydrogen-bond acceptors (Lipinski definition) is 2. The number of rotatable bonds is 1. The lowest BCUT2D eigenvalue weighted by molar-refractivity contribution is 0.414. The van der Waals surface area contributed by atoms with E-state index in [2.05, 4.69) is 24.9 Å². The van der Waals surface area contributed by atoms with Crippen molar-refractivity contribution in [2.24, 2.45) is 4.99 Å². The molecule has 0 radical (unpaired) electrons. The summed E-state index contributed by atoms with van der Waals surface area (Å²) in [5.74, 6) is 0.898. The van der Waals surface area contributed by atoms with E-state index in [-0.39, 0.29) is 5.54 Å². The Labute approximate surface area is 84.6 Å². The molecule has 0 saturated heterocycles. The third-order valence-corrected chi connectivity index (χ3v) is 2.53. The van der Waals surface area contributed by atoms with Gasteiger partial charge in [0.15, 0.2) is 0 Å². The minimum Gasteiger partial charge on any atom is -0.497 e. The topological polar surface area (TPSA) is 21.6 Å². The summed E-state index contributed by atoms with van der Waals surface area (Å²) in [6, 6.07) is 6.17. The summed E-state index contributed by atoms with van der Waals surface area (Å²) < 4.78 is 5.17. The van der Waals surface area contributed by atoms with Crippen molar-refractivity contribution in [3.8, 4) is 5.75 Å². The van der Waals surface area contributed by atoms with Crippen LogP contribution in [0.2, 0.25) is 0 Å². The highest BCUT2D eigenvalue weighted by Gasteiger charge is 2.21. The molecule has 1 aliphatic heterocycles.